The highest BCUT2D eigenvalue weighted by Crippen LogP contribution is 2.38. The predicted octanol–water partition coefficient (Wildman–Crippen LogP) is 4.52. The summed E-state index contributed by atoms with van der Waals surface area (Å²) in [6.45, 7) is 11.5. The number of hydrogen-bond acceptors (Lipinski definition) is 8. The van der Waals surface area contributed by atoms with Crippen molar-refractivity contribution in [3.05, 3.63) is 68.8 Å². The number of amidine groups is 1. The number of esters is 1. The minimum absolute atomic E-state index is 0.00260. The van der Waals surface area contributed by atoms with Crippen molar-refractivity contribution >= 4 is 47.0 Å². The molecule has 1 unspecified atom stereocenters. The predicted molar refractivity (Wildman–Crippen MR) is 154 cm³/mol. The third-order valence-corrected chi connectivity index (χ3v) is 8.02. The van der Waals surface area contributed by atoms with Crippen molar-refractivity contribution in [1.29, 1.82) is 0 Å². The SMILES string of the molecule is C=C(S/C=C\C)C1=N[C@@H](c2cccc(F)c2Cl)C(C(=O)OCC)=C(CN2CCN(C(C)=O)[C@H](CC)C2C(=O)O)N1. The topological polar surface area (TPSA) is 112 Å². The number of benzene rings is 1. The lowest BCUT2D eigenvalue weighted by atomic mass is 9.93. The summed E-state index contributed by atoms with van der Waals surface area (Å²) in [6, 6.07) is 1.64. The molecule has 0 saturated carbocycles. The second-order valence-corrected chi connectivity index (χ2v) is 10.6. The molecule has 1 saturated heterocycles. The van der Waals surface area contributed by atoms with Crippen LogP contribution in [0.15, 0.2) is 57.4 Å². The minimum Gasteiger partial charge on any atom is -0.480 e. The van der Waals surface area contributed by atoms with E-state index in [0.717, 1.165) is 0 Å². The van der Waals surface area contributed by atoms with Crippen molar-refractivity contribution in [2.75, 3.05) is 26.2 Å². The molecule has 12 heteroatoms. The van der Waals surface area contributed by atoms with Gasteiger partial charge in [0.15, 0.2) is 0 Å². The van der Waals surface area contributed by atoms with Crippen LogP contribution in [0.2, 0.25) is 5.02 Å². The maximum Gasteiger partial charge on any atom is 0.338 e. The Balaban J connectivity index is 2.17. The monoisotopic (exact) mass is 592 g/mol. The van der Waals surface area contributed by atoms with Crippen molar-refractivity contribution in [3.63, 3.8) is 0 Å². The molecule has 3 rings (SSSR count). The molecule has 1 amide bonds. The van der Waals surface area contributed by atoms with Gasteiger partial charge in [0.1, 0.15) is 23.7 Å². The van der Waals surface area contributed by atoms with Crippen molar-refractivity contribution < 1.29 is 28.6 Å². The second kappa shape index (κ2) is 14.0. The van der Waals surface area contributed by atoms with E-state index >= 15 is 0 Å². The summed E-state index contributed by atoms with van der Waals surface area (Å²) in [7, 11) is 0. The highest BCUT2D eigenvalue weighted by Gasteiger charge is 2.43. The van der Waals surface area contributed by atoms with E-state index in [0.29, 0.717) is 29.4 Å². The van der Waals surface area contributed by atoms with Gasteiger partial charge in [0.2, 0.25) is 5.91 Å². The van der Waals surface area contributed by atoms with E-state index in [1.807, 2.05) is 25.3 Å². The number of aliphatic carboxylic acids is 1. The highest BCUT2D eigenvalue weighted by molar-refractivity contribution is 8.06. The van der Waals surface area contributed by atoms with Crippen LogP contribution in [0, 0.1) is 5.82 Å². The van der Waals surface area contributed by atoms with Crippen molar-refractivity contribution in [1.82, 2.24) is 15.1 Å². The number of rotatable bonds is 10. The Morgan fingerprint density at radius 3 is 2.65 bits per heavy atom. The van der Waals surface area contributed by atoms with Crippen LogP contribution in [-0.4, -0.2) is 76.9 Å². The van der Waals surface area contributed by atoms with E-state index in [1.54, 1.807) is 22.8 Å². The van der Waals surface area contributed by atoms with Gasteiger partial charge >= 0.3 is 11.9 Å². The average Bonchev–Trinajstić information content (AvgIpc) is 2.92. The molecule has 1 aromatic rings. The number of hydrogen-bond donors (Lipinski definition) is 2. The highest BCUT2D eigenvalue weighted by atomic mass is 35.5. The quantitative estimate of drug-likeness (QED) is 0.382. The molecular weight excluding hydrogens is 559 g/mol. The summed E-state index contributed by atoms with van der Waals surface area (Å²) in [6.07, 6.45) is 2.26. The van der Waals surface area contributed by atoms with Gasteiger partial charge in [-0.3, -0.25) is 19.5 Å². The van der Waals surface area contributed by atoms with Gasteiger partial charge in [0, 0.05) is 42.7 Å². The number of halogens is 2. The van der Waals surface area contributed by atoms with Crippen molar-refractivity contribution in [3.8, 4) is 0 Å². The average molecular weight is 593 g/mol. The van der Waals surface area contributed by atoms with E-state index in [2.05, 4.69) is 11.9 Å². The first kappa shape index (κ1) is 31.4. The molecule has 0 bridgehead atoms. The summed E-state index contributed by atoms with van der Waals surface area (Å²) < 4.78 is 19.9. The molecule has 216 valence electrons. The number of allylic oxidation sites excluding steroid dienone is 1. The van der Waals surface area contributed by atoms with Gasteiger partial charge in [-0.05, 0) is 31.7 Å². The van der Waals surface area contributed by atoms with E-state index in [9.17, 15) is 23.9 Å². The van der Waals surface area contributed by atoms with E-state index in [1.165, 1.54) is 30.8 Å². The Hall–Kier alpha value is -3.15. The third kappa shape index (κ3) is 6.76. The van der Waals surface area contributed by atoms with Crippen LogP contribution in [-0.2, 0) is 19.1 Å². The first-order valence-electron chi connectivity index (χ1n) is 13.0. The number of carboxylic acids is 1. The number of piperazine rings is 1. The fraction of sp³-hybridized carbons (Fsp3) is 0.429. The number of nitrogens with one attached hydrogen (secondary N) is 1. The molecule has 0 spiro atoms. The van der Waals surface area contributed by atoms with Crippen LogP contribution >= 0.6 is 23.4 Å². The molecule has 0 aliphatic carbocycles. The summed E-state index contributed by atoms with van der Waals surface area (Å²) >= 11 is 7.67. The van der Waals surface area contributed by atoms with Crippen LogP contribution in [0.5, 0.6) is 0 Å². The number of carbonyl (C=O) groups excluding carboxylic acids is 2. The smallest absolute Gasteiger partial charge is 0.338 e. The molecular formula is C28H34ClFN4O5S. The van der Waals surface area contributed by atoms with Crippen molar-refractivity contribution in [2.45, 2.75) is 52.2 Å². The zero-order chi connectivity index (χ0) is 29.6. The van der Waals surface area contributed by atoms with Gasteiger partial charge in [-0.25, -0.2) is 9.18 Å². The number of ether oxygens (including phenoxy) is 1. The molecule has 2 heterocycles. The first-order valence-corrected chi connectivity index (χ1v) is 14.2. The Morgan fingerprint density at radius 2 is 2.05 bits per heavy atom. The van der Waals surface area contributed by atoms with Gasteiger partial charge in [-0.2, -0.15) is 0 Å². The molecule has 0 radical (unpaired) electrons. The lowest BCUT2D eigenvalue weighted by molar-refractivity contribution is -0.152. The fourth-order valence-corrected chi connectivity index (χ4v) is 5.71. The number of thioether (sulfide) groups is 1. The Kier molecular flexibility index (Phi) is 11.0. The number of carbonyl (C=O) groups is 3. The maximum absolute atomic E-state index is 14.6. The van der Waals surface area contributed by atoms with Gasteiger partial charge in [0.25, 0.3) is 0 Å². The largest absolute Gasteiger partial charge is 0.480 e. The Morgan fingerprint density at radius 1 is 1.32 bits per heavy atom. The Labute approximate surface area is 242 Å². The number of carboxylic acid groups (broad SMARTS) is 1. The third-order valence-electron chi connectivity index (χ3n) is 6.73. The van der Waals surface area contributed by atoms with Gasteiger partial charge in [-0.1, -0.05) is 55.1 Å². The van der Waals surface area contributed by atoms with E-state index < -0.39 is 35.9 Å². The normalized spacial score (nSPS) is 21.7. The first-order chi connectivity index (χ1) is 19.0. The zero-order valence-corrected chi connectivity index (χ0v) is 24.5. The van der Waals surface area contributed by atoms with Crippen LogP contribution in [0.3, 0.4) is 0 Å². The standard InChI is InChI=1S/C28H34ClFN4O5S/c1-6-14-40-16(4)26-31-20(15-33-12-13-34(17(5)35)21(7-2)25(33)27(36)37)22(28(38)39-8-3)24(32-26)18-10-9-11-19(30)23(18)29/h6,9-11,14,21,24-25H,4,7-8,12-13,15H2,1-3,5H3,(H,31,32)(H,36,37)/b14-6-/t21-,24+,25?/m1/s1. The van der Waals surface area contributed by atoms with Gasteiger partial charge < -0.3 is 20.1 Å². The van der Waals surface area contributed by atoms with Gasteiger partial charge in [0.05, 0.1) is 23.2 Å². The van der Waals surface area contributed by atoms with Crippen LogP contribution in [0.25, 0.3) is 0 Å². The summed E-state index contributed by atoms with van der Waals surface area (Å²) in [5.74, 6) is -2.31. The molecule has 2 N–H and O–H groups in total. The fourth-order valence-electron chi connectivity index (χ4n) is 4.96. The summed E-state index contributed by atoms with van der Waals surface area (Å²) in [5, 5.41) is 15.0. The number of aliphatic imine (C=N–C) groups is 1. The van der Waals surface area contributed by atoms with Crippen LogP contribution < -0.4 is 5.32 Å². The molecule has 1 fully saturated rings. The van der Waals surface area contributed by atoms with Crippen LogP contribution in [0.1, 0.15) is 45.7 Å². The summed E-state index contributed by atoms with van der Waals surface area (Å²) in [5.41, 5.74) is 0.689. The second-order valence-electron chi connectivity index (χ2n) is 9.21. The molecule has 9 nitrogen and oxygen atoms in total. The number of amides is 1. The molecule has 1 aromatic carbocycles. The maximum atomic E-state index is 14.6. The lowest BCUT2D eigenvalue weighted by Crippen LogP contribution is -2.64. The lowest BCUT2D eigenvalue weighted by Gasteiger charge is -2.46. The van der Waals surface area contributed by atoms with Gasteiger partial charge in [-0.15, -0.1) is 0 Å². The Bertz CT molecular complexity index is 1270. The van der Waals surface area contributed by atoms with Crippen LogP contribution in [0.4, 0.5) is 4.39 Å². The van der Waals surface area contributed by atoms with Crippen molar-refractivity contribution in [2.24, 2.45) is 4.99 Å². The molecule has 40 heavy (non-hydrogen) atoms. The minimum atomic E-state index is -1.08. The molecule has 3 atom stereocenters. The molecule has 2 aliphatic heterocycles. The van der Waals surface area contributed by atoms with E-state index in [4.69, 9.17) is 21.3 Å². The number of nitrogens with zero attached hydrogens (tertiary/aromatic N) is 3. The zero-order valence-electron chi connectivity index (χ0n) is 22.9. The molecule has 0 aromatic heterocycles. The molecule has 2 aliphatic rings. The summed E-state index contributed by atoms with van der Waals surface area (Å²) in [4.78, 5) is 46.7. The van der Waals surface area contributed by atoms with E-state index in [-0.39, 0.29) is 41.8 Å².